The van der Waals surface area contributed by atoms with Crippen molar-refractivity contribution in [2.45, 2.75) is 71.3 Å². The molecule has 0 atom stereocenters. The van der Waals surface area contributed by atoms with Crippen LogP contribution in [0.1, 0.15) is 63.1 Å². The molecule has 1 aromatic rings. The Morgan fingerprint density at radius 3 is 2.47 bits per heavy atom. The van der Waals surface area contributed by atoms with Gasteiger partial charge in [0.2, 0.25) is 0 Å². The van der Waals surface area contributed by atoms with E-state index in [9.17, 15) is 0 Å². The summed E-state index contributed by atoms with van der Waals surface area (Å²) in [5.41, 5.74) is 5.02. The number of hydrogen-bond donors (Lipinski definition) is 1. The molecule has 1 heteroatoms. The number of benzene rings is 1. The largest absolute Gasteiger partial charge is 0.312 e. The molecule has 0 spiro atoms. The smallest absolute Gasteiger partial charge is 0.00965 e. The first-order chi connectivity index (χ1) is 9.04. The standard InChI is InChI=1S/C18H29N/c1-18(2,3)19-13-7-6-8-15-11-12-16-9-4-5-10-17(16)14-15/h11-12,14,19H,4-10,13H2,1-3H3. The molecule has 0 saturated carbocycles. The maximum Gasteiger partial charge on any atom is 0.00965 e. The highest BCUT2D eigenvalue weighted by Gasteiger charge is 2.10. The van der Waals surface area contributed by atoms with Crippen LogP contribution >= 0.6 is 0 Å². The summed E-state index contributed by atoms with van der Waals surface area (Å²) in [5.74, 6) is 0. The fourth-order valence-electron chi connectivity index (χ4n) is 2.86. The first-order valence-corrected chi connectivity index (χ1v) is 7.90. The minimum atomic E-state index is 0.256. The lowest BCUT2D eigenvalue weighted by Gasteiger charge is -2.20. The second-order valence-electron chi connectivity index (χ2n) is 6.94. The van der Waals surface area contributed by atoms with E-state index in [0.29, 0.717) is 0 Å². The van der Waals surface area contributed by atoms with Gasteiger partial charge in [-0.1, -0.05) is 18.2 Å². The van der Waals surface area contributed by atoms with E-state index in [-0.39, 0.29) is 5.54 Å². The van der Waals surface area contributed by atoms with Crippen LogP contribution in [0.3, 0.4) is 0 Å². The SMILES string of the molecule is CC(C)(C)NCCCCc1ccc2c(c1)CCCC2. The van der Waals surface area contributed by atoms with Gasteiger partial charge in [-0.2, -0.15) is 0 Å². The normalized spacial score (nSPS) is 15.3. The van der Waals surface area contributed by atoms with Gasteiger partial charge in [-0.15, -0.1) is 0 Å². The monoisotopic (exact) mass is 259 g/mol. The number of hydrogen-bond acceptors (Lipinski definition) is 1. The highest BCUT2D eigenvalue weighted by atomic mass is 14.9. The Labute approximate surface area is 118 Å². The maximum absolute atomic E-state index is 3.56. The Bertz CT molecular complexity index is 401. The average Bonchev–Trinajstić information content (AvgIpc) is 2.37. The van der Waals surface area contributed by atoms with Crippen LogP contribution in [0.25, 0.3) is 0 Å². The van der Waals surface area contributed by atoms with Crippen LogP contribution in [0, 0.1) is 0 Å². The topological polar surface area (TPSA) is 12.0 Å². The van der Waals surface area contributed by atoms with E-state index in [1.807, 2.05) is 0 Å². The van der Waals surface area contributed by atoms with Crippen LogP contribution in [0.5, 0.6) is 0 Å². The van der Waals surface area contributed by atoms with Crippen LogP contribution in [-0.4, -0.2) is 12.1 Å². The Hall–Kier alpha value is -0.820. The van der Waals surface area contributed by atoms with Crippen molar-refractivity contribution in [1.82, 2.24) is 5.32 Å². The number of unbranched alkanes of at least 4 members (excludes halogenated alkanes) is 1. The van der Waals surface area contributed by atoms with E-state index in [1.54, 1.807) is 11.1 Å². The second-order valence-corrected chi connectivity index (χ2v) is 6.94. The van der Waals surface area contributed by atoms with Crippen molar-refractivity contribution in [3.8, 4) is 0 Å². The molecule has 1 aliphatic carbocycles. The van der Waals surface area contributed by atoms with Crippen LogP contribution in [0.15, 0.2) is 18.2 Å². The molecule has 1 aliphatic rings. The summed E-state index contributed by atoms with van der Waals surface area (Å²) in [5, 5.41) is 3.56. The zero-order chi connectivity index (χ0) is 13.7. The molecule has 19 heavy (non-hydrogen) atoms. The Balaban J connectivity index is 1.74. The van der Waals surface area contributed by atoms with Gasteiger partial charge < -0.3 is 5.32 Å². The summed E-state index contributed by atoms with van der Waals surface area (Å²) in [6.07, 6.45) is 9.16. The summed E-state index contributed by atoms with van der Waals surface area (Å²) < 4.78 is 0. The van der Waals surface area contributed by atoms with Gasteiger partial charge in [-0.25, -0.2) is 0 Å². The minimum Gasteiger partial charge on any atom is -0.312 e. The molecule has 1 N–H and O–H groups in total. The molecule has 1 nitrogen and oxygen atoms in total. The van der Waals surface area contributed by atoms with Crippen molar-refractivity contribution >= 4 is 0 Å². The predicted octanol–water partition coefficient (Wildman–Crippen LogP) is 4.28. The van der Waals surface area contributed by atoms with Gasteiger partial charge in [0.15, 0.2) is 0 Å². The van der Waals surface area contributed by atoms with Crippen molar-refractivity contribution in [2.24, 2.45) is 0 Å². The first-order valence-electron chi connectivity index (χ1n) is 7.90. The van der Waals surface area contributed by atoms with E-state index in [4.69, 9.17) is 0 Å². The lowest BCUT2D eigenvalue weighted by atomic mass is 9.89. The summed E-state index contributed by atoms with van der Waals surface area (Å²) in [4.78, 5) is 0. The molecule has 0 bridgehead atoms. The third-order valence-corrected chi connectivity index (χ3v) is 3.96. The molecule has 0 saturated heterocycles. The van der Waals surface area contributed by atoms with Gasteiger partial charge in [-0.3, -0.25) is 0 Å². The fourth-order valence-corrected chi connectivity index (χ4v) is 2.86. The van der Waals surface area contributed by atoms with E-state index in [2.05, 4.69) is 44.3 Å². The molecular weight excluding hydrogens is 230 g/mol. The van der Waals surface area contributed by atoms with E-state index in [0.717, 1.165) is 6.54 Å². The molecule has 0 unspecified atom stereocenters. The molecule has 2 rings (SSSR count). The maximum atomic E-state index is 3.56. The van der Waals surface area contributed by atoms with Gasteiger partial charge in [0.05, 0.1) is 0 Å². The van der Waals surface area contributed by atoms with E-state index in [1.165, 1.54) is 50.5 Å². The number of rotatable bonds is 5. The highest BCUT2D eigenvalue weighted by Crippen LogP contribution is 2.22. The molecule has 0 radical (unpaired) electrons. The Kier molecular flexibility index (Phi) is 5.04. The Morgan fingerprint density at radius 1 is 1.00 bits per heavy atom. The quantitative estimate of drug-likeness (QED) is 0.778. The number of fused-ring (bicyclic) bond motifs is 1. The van der Waals surface area contributed by atoms with Crippen LogP contribution < -0.4 is 5.32 Å². The van der Waals surface area contributed by atoms with Crippen molar-refractivity contribution in [1.29, 1.82) is 0 Å². The fraction of sp³-hybridized carbons (Fsp3) is 0.667. The molecule has 0 aliphatic heterocycles. The van der Waals surface area contributed by atoms with Gasteiger partial charge in [0, 0.05) is 5.54 Å². The Morgan fingerprint density at radius 2 is 1.74 bits per heavy atom. The third kappa shape index (κ3) is 4.99. The molecule has 0 aromatic heterocycles. The van der Waals surface area contributed by atoms with E-state index < -0.39 is 0 Å². The molecule has 106 valence electrons. The summed E-state index contributed by atoms with van der Waals surface area (Å²) in [6, 6.07) is 7.18. The van der Waals surface area contributed by atoms with Crippen LogP contribution in [0.2, 0.25) is 0 Å². The van der Waals surface area contributed by atoms with Crippen LogP contribution in [-0.2, 0) is 19.3 Å². The third-order valence-electron chi connectivity index (χ3n) is 3.96. The van der Waals surface area contributed by atoms with E-state index >= 15 is 0 Å². The molecule has 0 amide bonds. The summed E-state index contributed by atoms with van der Waals surface area (Å²) in [6.45, 7) is 7.83. The highest BCUT2D eigenvalue weighted by molar-refractivity contribution is 5.33. The minimum absolute atomic E-state index is 0.256. The van der Waals surface area contributed by atoms with Crippen molar-refractivity contribution < 1.29 is 0 Å². The number of aryl methyl sites for hydroxylation is 3. The zero-order valence-corrected chi connectivity index (χ0v) is 12.9. The van der Waals surface area contributed by atoms with Gasteiger partial charge in [0.1, 0.15) is 0 Å². The second kappa shape index (κ2) is 6.56. The molecule has 0 heterocycles. The predicted molar refractivity (Wildman–Crippen MR) is 83.8 cm³/mol. The molecular formula is C18H29N. The summed E-state index contributed by atoms with van der Waals surface area (Å²) >= 11 is 0. The van der Waals surface area contributed by atoms with Crippen LogP contribution in [0.4, 0.5) is 0 Å². The van der Waals surface area contributed by atoms with Gasteiger partial charge >= 0.3 is 0 Å². The molecule has 1 aromatic carbocycles. The lowest BCUT2D eigenvalue weighted by molar-refractivity contribution is 0.419. The van der Waals surface area contributed by atoms with Crippen molar-refractivity contribution in [3.05, 3.63) is 34.9 Å². The van der Waals surface area contributed by atoms with Crippen molar-refractivity contribution in [2.75, 3.05) is 6.54 Å². The lowest BCUT2D eigenvalue weighted by Crippen LogP contribution is -2.36. The zero-order valence-electron chi connectivity index (χ0n) is 12.9. The molecule has 0 fully saturated rings. The van der Waals surface area contributed by atoms with Crippen molar-refractivity contribution in [3.63, 3.8) is 0 Å². The first kappa shape index (κ1) is 14.6. The average molecular weight is 259 g/mol. The van der Waals surface area contributed by atoms with Gasteiger partial charge in [0.25, 0.3) is 0 Å². The van der Waals surface area contributed by atoms with Gasteiger partial charge in [-0.05, 0) is 89.0 Å². The summed E-state index contributed by atoms with van der Waals surface area (Å²) in [7, 11) is 0. The number of nitrogens with one attached hydrogen (secondary N) is 1.